The van der Waals surface area contributed by atoms with Crippen LogP contribution in [0.5, 0.6) is 0 Å². The highest BCUT2D eigenvalue weighted by molar-refractivity contribution is 8.00. The molecule has 0 fully saturated rings. The largest absolute Gasteiger partial charge is 0.411 e. The second-order valence-corrected chi connectivity index (χ2v) is 7.01. The van der Waals surface area contributed by atoms with Gasteiger partial charge in [-0.25, -0.2) is 0 Å². The SMILES string of the molecule is CC(C)CNC(=O)C(C)Sc1nnc(-c2cccc(Cl)c2)o1. The van der Waals surface area contributed by atoms with Crippen LogP contribution >= 0.6 is 23.4 Å². The third-order valence-electron chi connectivity index (χ3n) is 2.81. The molecule has 0 spiro atoms. The van der Waals surface area contributed by atoms with Gasteiger partial charge in [-0.05, 0) is 31.0 Å². The van der Waals surface area contributed by atoms with E-state index >= 15 is 0 Å². The molecule has 0 aliphatic rings. The molecule has 22 heavy (non-hydrogen) atoms. The minimum Gasteiger partial charge on any atom is -0.411 e. The zero-order chi connectivity index (χ0) is 16.1. The second-order valence-electron chi connectivity index (χ2n) is 5.28. The molecule has 0 radical (unpaired) electrons. The molecular formula is C15H18ClN3O2S. The Hall–Kier alpha value is -1.53. The molecule has 0 aliphatic carbocycles. The molecule has 1 heterocycles. The van der Waals surface area contributed by atoms with Crippen LogP contribution in [0.3, 0.4) is 0 Å². The Morgan fingerprint density at radius 2 is 2.14 bits per heavy atom. The van der Waals surface area contributed by atoms with Crippen LogP contribution in [-0.4, -0.2) is 27.9 Å². The molecule has 7 heteroatoms. The highest BCUT2D eigenvalue weighted by Gasteiger charge is 2.18. The molecule has 118 valence electrons. The average molecular weight is 340 g/mol. The van der Waals surface area contributed by atoms with E-state index in [0.717, 1.165) is 5.56 Å². The number of rotatable bonds is 6. The van der Waals surface area contributed by atoms with Gasteiger partial charge in [-0.15, -0.1) is 10.2 Å². The molecule has 1 N–H and O–H groups in total. The number of hydrogen-bond acceptors (Lipinski definition) is 5. The first-order valence-corrected chi connectivity index (χ1v) is 8.25. The predicted octanol–water partition coefficient (Wildman–Crippen LogP) is 3.64. The van der Waals surface area contributed by atoms with Crippen molar-refractivity contribution in [1.82, 2.24) is 15.5 Å². The standard InChI is InChI=1S/C15H18ClN3O2S/c1-9(2)8-17-13(20)10(3)22-15-19-18-14(21-15)11-5-4-6-12(16)7-11/h4-7,9-10H,8H2,1-3H3,(H,17,20). The van der Waals surface area contributed by atoms with Gasteiger partial charge in [0, 0.05) is 17.1 Å². The molecule has 5 nitrogen and oxygen atoms in total. The number of halogens is 1. The molecule has 2 rings (SSSR count). The van der Waals surface area contributed by atoms with Crippen LogP contribution in [0.2, 0.25) is 5.02 Å². The Balaban J connectivity index is 1.98. The maximum Gasteiger partial charge on any atom is 0.277 e. The summed E-state index contributed by atoms with van der Waals surface area (Å²) < 4.78 is 5.57. The number of hydrogen-bond donors (Lipinski definition) is 1. The first-order chi connectivity index (χ1) is 10.5. The van der Waals surface area contributed by atoms with Crippen LogP contribution in [-0.2, 0) is 4.79 Å². The van der Waals surface area contributed by atoms with Crippen molar-refractivity contribution in [3.05, 3.63) is 29.3 Å². The molecule has 1 unspecified atom stereocenters. The van der Waals surface area contributed by atoms with Crippen LogP contribution in [0.1, 0.15) is 20.8 Å². The van der Waals surface area contributed by atoms with Crippen LogP contribution < -0.4 is 5.32 Å². The fraction of sp³-hybridized carbons (Fsp3) is 0.400. The van der Waals surface area contributed by atoms with E-state index in [2.05, 4.69) is 15.5 Å². The van der Waals surface area contributed by atoms with Gasteiger partial charge in [-0.3, -0.25) is 4.79 Å². The van der Waals surface area contributed by atoms with Gasteiger partial charge >= 0.3 is 0 Å². The third kappa shape index (κ3) is 4.74. The van der Waals surface area contributed by atoms with Crippen LogP contribution in [0.15, 0.2) is 33.9 Å². The van der Waals surface area contributed by atoms with E-state index in [4.69, 9.17) is 16.0 Å². The molecule has 0 saturated carbocycles. The number of benzene rings is 1. The summed E-state index contributed by atoms with van der Waals surface area (Å²) >= 11 is 7.18. The lowest BCUT2D eigenvalue weighted by atomic mass is 10.2. The Morgan fingerprint density at radius 1 is 1.36 bits per heavy atom. The maximum atomic E-state index is 11.9. The van der Waals surface area contributed by atoms with E-state index < -0.39 is 0 Å². The summed E-state index contributed by atoms with van der Waals surface area (Å²) in [4.78, 5) is 11.9. The smallest absolute Gasteiger partial charge is 0.277 e. The summed E-state index contributed by atoms with van der Waals surface area (Å²) in [6, 6.07) is 7.18. The zero-order valence-electron chi connectivity index (χ0n) is 12.7. The van der Waals surface area contributed by atoms with Gasteiger partial charge in [0.2, 0.25) is 11.8 Å². The summed E-state index contributed by atoms with van der Waals surface area (Å²) in [5.74, 6) is 0.764. The Morgan fingerprint density at radius 3 is 2.82 bits per heavy atom. The van der Waals surface area contributed by atoms with Crippen molar-refractivity contribution in [2.24, 2.45) is 5.92 Å². The van der Waals surface area contributed by atoms with E-state index in [1.54, 1.807) is 12.1 Å². The Bertz CT molecular complexity index is 645. The second kappa shape index (κ2) is 7.65. The van der Waals surface area contributed by atoms with Crippen molar-refractivity contribution >= 4 is 29.3 Å². The normalized spacial score (nSPS) is 12.4. The average Bonchev–Trinajstić information content (AvgIpc) is 2.93. The van der Waals surface area contributed by atoms with Crippen molar-refractivity contribution in [3.8, 4) is 11.5 Å². The van der Waals surface area contributed by atoms with Gasteiger partial charge in [0.15, 0.2) is 0 Å². The van der Waals surface area contributed by atoms with E-state index in [1.807, 2.05) is 32.9 Å². The van der Waals surface area contributed by atoms with Crippen molar-refractivity contribution < 1.29 is 9.21 Å². The fourth-order valence-electron chi connectivity index (χ4n) is 1.65. The zero-order valence-corrected chi connectivity index (χ0v) is 14.2. The molecule has 1 amide bonds. The fourth-order valence-corrected chi connectivity index (χ4v) is 2.55. The van der Waals surface area contributed by atoms with Crippen molar-refractivity contribution in [1.29, 1.82) is 0 Å². The van der Waals surface area contributed by atoms with E-state index in [-0.39, 0.29) is 11.2 Å². The Kier molecular flexibility index (Phi) is 5.85. The number of amides is 1. The van der Waals surface area contributed by atoms with Gasteiger partial charge in [-0.1, -0.05) is 43.3 Å². The van der Waals surface area contributed by atoms with Gasteiger partial charge in [-0.2, -0.15) is 0 Å². The van der Waals surface area contributed by atoms with Crippen LogP contribution in [0.25, 0.3) is 11.5 Å². The number of thioether (sulfide) groups is 1. The van der Waals surface area contributed by atoms with E-state index in [9.17, 15) is 4.79 Å². The summed E-state index contributed by atoms with van der Waals surface area (Å²) in [5.41, 5.74) is 0.753. The van der Waals surface area contributed by atoms with E-state index in [1.165, 1.54) is 11.8 Å². The maximum absolute atomic E-state index is 11.9. The van der Waals surface area contributed by atoms with Gasteiger partial charge < -0.3 is 9.73 Å². The van der Waals surface area contributed by atoms with Crippen LogP contribution in [0.4, 0.5) is 0 Å². The topological polar surface area (TPSA) is 68.0 Å². The summed E-state index contributed by atoms with van der Waals surface area (Å²) in [5, 5.41) is 11.5. The summed E-state index contributed by atoms with van der Waals surface area (Å²) in [6.07, 6.45) is 0. The summed E-state index contributed by atoms with van der Waals surface area (Å²) in [6.45, 7) is 6.56. The lowest BCUT2D eigenvalue weighted by Crippen LogP contribution is -2.33. The van der Waals surface area contributed by atoms with Gasteiger partial charge in [0.25, 0.3) is 5.22 Å². The lowest BCUT2D eigenvalue weighted by molar-refractivity contribution is -0.120. The number of nitrogens with zero attached hydrogens (tertiary/aromatic N) is 2. The molecule has 0 saturated heterocycles. The minimum atomic E-state index is -0.300. The van der Waals surface area contributed by atoms with Gasteiger partial charge in [0.05, 0.1) is 5.25 Å². The lowest BCUT2D eigenvalue weighted by Gasteiger charge is -2.11. The van der Waals surface area contributed by atoms with Crippen molar-refractivity contribution in [3.63, 3.8) is 0 Å². The first kappa shape index (κ1) is 16.8. The number of carbonyl (C=O) groups excluding carboxylic acids is 1. The molecule has 0 aliphatic heterocycles. The molecular weight excluding hydrogens is 322 g/mol. The quantitative estimate of drug-likeness (QED) is 0.814. The third-order valence-corrected chi connectivity index (χ3v) is 3.98. The minimum absolute atomic E-state index is 0.0406. The van der Waals surface area contributed by atoms with E-state index in [0.29, 0.717) is 28.6 Å². The van der Waals surface area contributed by atoms with Crippen molar-refractivity contribution in [2.75, 3.05) is 6.54 Å². The molecule has 1 atom stereocenters. The Labute approximate surface area is 138 Å². The summed E-state index contributed by atoms with van der Waals surface area (Å²) in [7, 11) is 0. The molecule has 0 bridgehead atoms. The predicted molar refractivity (Wildman–Crippen MR) is 87.9 cm³/mol. The molecule has 1 aromatic heterocycles. The number of carbonyl (C=O) groups is 1. The molecule has 2 aromatic rings. The number of nitrogens with one attached hydrogen (secondary N) is 1. The highest BCUT2D eigenvalue weighted by atomic mass is 35.5. The first-order valence-electron chi connectivity index (χ1n) is 6.99. The number of aromatic nitrogens is 2. The monoisotopic (exact) mass is 339 g/mol. The van der Waals surface area contributed by atoms with Crippen LogP contribution in [0, 0.1) is 5.92 Å². The van der Waals surface area contributed by atoms with Gasteiger partial charge in [0.1, 0.15) is 0 Å². The highest BCUT2D eigenvalue weighted by Crippen LogP contribution is 2.27. The van der Waals surface area contributed by atoms with Crippen molar-refractivity contribution in [2.45, 2.75) is 31.2 Å². The molecule has 1 aromatic carbocycles.